The van der Waals surface area contributed by atoms with Gasteiger partial charge in [0.15, 0.2) is 0 Å². The van der Waals surface area contributed by atoms with E-state index in [2.05, 4.69) is 10.5 Å². The number of carbonyl (C=O) groups excluding carboxylic acids is 1. The molecule has 0 atom stereocenters. The zero-order valence-corrected chi connectivity index (χ0v) is 10.7. The summed E-state index contributed by atoms with van der Waals surface area (Å²) in [5, 5.41) is 5.96. The van der Waals surface area contributed by atoms with E-state index in [0.717, 1.165) is 6.07 Å². The van der Waals surface area contributed by atoms with Crippen LogP contribution in [0, 0.1) is 13.8 Å². The third-order valence-corrected chi connectivity index (χ3v) is 2.79. The maximum atomic E-state index is 12.6. The van der Waals surface area contributed by atoms with E-state index < -0.39 is 17.6 Å². The first kappa shape index (κ1) is 14.1. The maximum Gasteiger partial charge on any atom is 0.416 e. The van der Waals surface area contributed by atoms with E-state index in [-0.39, 0.29) is 16.8 Å². The van der Waals surface area contributed by atoms with Gasteiger partial charge in [0.25, 0.3) is 5.91 Å². The van der Waals surface area contributed by atoms with Gasteiger partial charge in [-0.15, -0.1) is 0 Å². The van der Waals surface area contributed by atoms with Crippen LogP contribution < -0.4 is 5.32 Å². The summed E-state index contributed by atoms with van der Waals surface area (Å²) in [6.45, 7) is 2.91. The third-order valence-electron chi connectivity index (χ3n) is 2.79. The molecule has 0 aliphatic heterocycles. The van der Waals surface area contributed by atoms with Gasteiger partial charge < -0.3 is 9.84 Å². The Labute approximate surface area is 112 Å². The van der Waals surface area contributed by atoms with Crippen LogP contribution in [0.25, 0.3) is 0 Å². The molecule has 4 nitrogen and oxygen atoms in total. The molecular formula is C13H11F3N2O2. The van der Waals surface area contributed by atoms with Crippen LogP contribution >= 0.6 is 0 Å². The van der Waals surface area contributed by atoms with Crippen molar-refractivity contribution in [2.75, 3.05) is 5.32 Å². The zero-order valence-electron chi connectivity index (χ0n) is 10.7. The first-order chi connectivity index (χ1) is 9.29. The highest BCUT2D eigenvalue weighted by Crippen LogP contribution is 2.32. The molecule has 7 heteroatoms. The van der Waals surface area contributed by atoms with Crippen LogP contribution in [0.3, 0.4) is 0 Å². The Bertz CT molecular complexity index is 647. The molecule has 0 aliphatic rings. The molecule has 1 aromatic carbocycles. The SMILES string of the molecule is Cc1cc(NC(=O)c2cnoc2C)ccc1C(F)(F)F. The van der Waals surface area contributed by atoms with Gasteiger partial charge >= 0.3 is 6.18 Å². The lowest BCUT2D eigenvalue weighted by Gasteiger charge is -2.12. The average Bonchev–Trinajstić information content (AvgIpc) is 2.73. The Morgan fingerprint density at radius 3 is 2.50 bits per heavy atom. The van der Waals surface area contributed by atoms with Crippen molar-refractivity contribution in [1.82, 2.24) is 5.16 Å². The fraction of sp³-hybridized carbons (Fsp3) is 0.231. The Morgan fingerprint density at radius 2 is 2.00 bits per heavy atom. The number of anilines is 1. The van der Waals surface area contributed by atoms with Crippen LogP contribution in [-0.2, 0) is 6.18 Å². The van der Waals surface area contributed by atoms with Gasteiger partial charge in [-0.1, -0.05) is 5.16 Å². The van der Waals surface area contributed by atoms with Crippen molar-refractivity contribution in [3.05, 3.63) is 46.8 Å². The molecular weight excluding hydrogens is 273 g/mol. The van der Waals surface area contributed by atoms with Gasteiger partial charge in [-0.25, -0.2) is 0 Å². The van der Waals surface area contributed by atoms with Crippen LogP contribution in [-0.4, -0.2) is 11.1 Å². The fourth-order valence-corrected chi connectivity index (χ4v) is 1.77. The second-order valence-electron chi connectivity index (χ2n) is 4.28. The molecule has 0 saturated heterocycles. The Kier molecular flexibility index (Phi) is 3.52. The smallest absolute Gasteiger partial charge is 0.361 e. The average molecular weight is 284 g/mol. The minimum Gasteiger partial charge on any atom is -0.361 e. The molecule has 0 bridgehead atoms. The number of amides is 1. The summed E-state index contributed by atoms with van der Waals surface area (Å²) in [5.41, 5.74) is -0.169. The summed E-state index contributed by atoms with van der Waals surface area (Å²) in [5.74, 6) is -0.144. The molecule has 0 radical (unpaired) electrons. The Hall–Kier alpha value is -2.31. The van der Waals surface area contributed by atoms with Gasteiger partial charge in [0, 0.05) is 5.69 Å². The molecule has 0 saturated carbocycles. The minimum absolute atomic E-state index is 0.0392. The van der Waals surface area contributed by atoms with Crippen LogP contribution in [0.4, 0.5) is 18.9 Å². The topological polar surface area (TPSA) is 55.1 Å². The summed E-state index contributed by atoms with van der Waals surface area (Å²) in [7, 11) is 0. The first-order valence-corrected chi connectivity index (χ1v) is 5.69. The van der Waals surface area contributed by atoms with E-state index in [1.54, 1.807) is 6.92 Å². The number of benzene rings is 1. The number of alkyl halides is 3. The van der Waals surface area contributed by atoms with Gasteiger partial charge in [-0.2, -0.15) is 13.2 Å². The monoisotopic (exact) mass is 284 g/mol. The normalized spacial score (nSPS) is 11.4. The molecule has 0 fully saturated rings. The fourth-order valence-electron chi connectivity index (χ4n) is 1.77. The molecule has 1 heterocycles. The van der Waals surface area contributed by atoms with Crippen molar-refractivity contribution >= 4 is 11.6 Å². The van der Waals surface area contributed by atoms with Gasteiger partial charge in [0.1, 0.15) is 11.3 Å². The maximum absolute atomic E-state index is 12.6. The van der Waals surface area contributed by atoms with Crippen molar-refractivity contribution in [1.29, 1.82) is 0 Å². The van der Waals surface area contributed by atoms with E-state index in [0.29, 0.717) is 5.76 Å². The number of nitrogens with zero attached hydrogens (tertiary/aromatic N) is 1. The molecule has 2 aromatic rings. The summed E-state index contributed by atoms with van der Waals surface area (Å²) in [4.78, 5) is 11.9. The third kappa shape index (κ3) is 2.81. The molecule has 20 heavy (non-hydrogen) atoms. The number of carbonyl (C=O) groups is 1. The predicted octanol–water partition coefficient (Wildman–Crippen LogP) is 3.56. The number of nitrogens with one attached hydrogen (secondary N) is 1. The number of aryl methyl sites for hydroxylation is 2. The highest BCUT2D eigenvalue weighted by atomic mass is 19.4. The van der Waals surface area contributed by atoms with Gasteiger partial charge in [-0.05, 0) is 37.6 Å². The van der Waals surface area contributed by atoms with E-state index in [4.69, 9.17) is 4.52 Å². The lowest BCUT2D eigenvalue weighted by atomic mass is 10.1. The zero-order chi connectivity index (χ0) is 14.9. The van der Waals surface area contributed by atoms with Crippen molar-refractivity contribution in [3.8, 4) is 0 Å². The molecule has 0 unspecified atom stereocenters. The van der Waals surface area contributed by atoms with E-state index in [1.165, 1.54) is 25.3 Å². The van der Waals surface area contributed by atoms with Crippen molar-refractivity contribution in [3.63, 3.8) is 0 Å². The first-order valence-electron chi connectivity index (χ1n) is 5.69. The van der Waals surface area contributed by atoms with Gasteiger partial charge in [-0.3, -0.25) is 4.79 Å². The van der Waals surface area contributed by atoms with Gasteiger partial charge in [0.05, 0.1) is 11.8 Å². The number of halogens is 3. The van der Waals surface area contributed by atoms with Crippen molar-refractivity contribution in [2.45, 2.75) is 20.0 Å². The Morgan fingerprint density at radius 1 is 1.30 bits per heavy atom. The van der Waals surface area contributed by atoms with Crippen molar-refractivity contribution < 1.29 is 22.5 Å². The summed E-state index contributed by atoms with van der Waals surface area (Å²) < 4.78 is 42.6. The summed E-state index contributed by atoms with van der Waals surface area (Å²) in [6.07, 6.45) is -3.15. The molecule has 1 aromatic heterocycles. The quantitative estimate of drug-likeness (QED) is 0.917. The highest BCUT2D eigenvalue weighted by Gasteiger charge is 2.32. The number of aromatic nitrogens is 1. The van der Waals surface area contributed by atoms with Crippen LogP contribution in [0.15, 0.2) is 28.9 Å². The number of hydrogen-bond acceptors (Lipinski definition) is 3. The summed E-state index contributed by atoms with van der Waals surface area (Å²) >= 11 is 0. The lowest BCUT2D eigenvalue weighted by molar-refractivity contribution is -0.138. The van der Waals surface area contributed by atoms with Crippen LogP contribution in [0.5, 0.6) is 0 Å². The second kappa shape index (κ2) is 4.99. The molecule has 106 valence electrons. The lowest BCUT2D eigenvalue weighted by Crippen LogP contribution is -2.13. The van der Waals surface area contributed by atoms with E-state index in [9.17, 15) is 18.0 Å². The predicted molar refractivity (Wildman–Crippen MR) is 65.4 cm³/mol. The van der Waals surface area contributed by atoms with Crippen LogP contribution in [0.1, 0.15) is 27.2 Å². The molecule has 0 aliphatic carbocycles. The molecule has 1 amide bonds. The summed E-state index contributed by atoms with van der Waals surface area (Å²) in [6, 6.07) is 3.41. The Balaban J connectivity index is 2.22. The van der Waals surface area contributed by atoms with Gasteiger partial charge in [0.2, 0.25) is 0 Å². The second-order valence-corrected chi connectivity index (χ2v) is 4.28. The molecule has 2 rings (SSSR count). The molecule has 0 spiro atoms. The van der Waals surface area contributed by atoms with Crippen LogP contribution in [0.2, 0.25) is 0 Å². The number of hydrogen-bond donors (Lipinski definition) is 1. The highest BCUT2D eigenvalue weighted by molar-refractivity contribution is 6.04. The minimum atomic E-state index is -4.41. The van der Waals surface area contributed by atoms with E-state index in [1.807, 2.05) is 0 Å². The van der Waals surface area contributed by atoms with Crippen molar-refractivity contribution in [2.24, 2.45) is 0 Å². The number of rotatable bonds is 2. The largest absolute Gasteiger partial charge is 0.416 e. The molecule has 1 N–H and O–H groups in total. The standard InChI is InChI=1S/C13H11F3N2O2/c1-7-5-9(3-4-11(7)13(14,15)16)18-12(19)10-6-17-20-8(10)2/h3-6H,1-2H3,(H,18,19). The van der Waals surface area contributed by atoms with E-state index >= 15 is 0 Å².